The summed E-state index contributed by atoms with van der Waals surface area (Å²) in [6, 6.07) is 1.51. The molecule has 1 aromatic rings. The lowest BCUT2D eigenvalue weighted by atomic mass is 10.3. The van der Waals surface area contributed by atoms with Crippen LogP contribution in [0, 0.1) is 5.82 Å². The van der Waals surface area contributed by atoms with Crippen LogP contribution in [0.3, 0.4) is 0 Å². The van der Waals surface area contributed by atoms with Gasteiger partial charge in [0.05, 0.1) is 5.02 Å². The van der Waals surface area contributed by atoms with Crippen LogP contribution in [0.15, 0.2) is 12.3 Å². The fourth-order valence-electron chi connectivity index (χ4n) is 1.38. The Bertz CT molecular complexity index is 315. The number of aromatic nitrogens is 1. The summed E-state index contributed by atoms with van der Waals surface area (Å²) in [5.41, 5.74) is 0. The van der Waals surface area contributed by atoms with Crippen LogP contribution in [0.5, 0.6) is 0 Å². The topological polar surface area (TPSA) is 16.1 Å². The summed E-state index contributed by atoms with van der Waals surface area (Å²) in [5, 5.41) is 0.325. The third-order valence-corrected chi connectivity index (χ3v) is 2.23. The van der Waals surface area contributed by atoms with Crippen LogP contribution < -0.4 is 4.90 Å². The largest absolute Gasteiger partial charge is 0.352 e. The predicted molar refractivity (Wildman–Crippen MR) is 57.4 cm³/mol. The first-order chi connectivity index (χ1) is 6.56. The maximum atomic E-state index is 13.5. The van der Waals surface area contributed by atoms with E-state index in [2.05, 4.69) is 4.98 Å². The Morgan fingerprint density at radius 1 is 1.57 bits per heavy atom. The summed E-state index contributed by atoms with van der Waals surface area (Å²) in [6.45, 7) is 6.69. The molecule has 0 saturated heterocycles. The van der Waals surface area contributed by atoms with Gasteiger partial charge in [0.1, 0.15) is 0 Å². The molecule has 0 aliphatic rings. The van der Waals surface area contributed by atoms with Crippen molar-refractivity contribution in [3.05, 3.63) is 23.1 Å². The molecule has 0 aliphatic carbocycles. The molecule has 0 N–H and O–H groups in total. The third kappa shape index (κ3) is 2.35. The molecule has 0 spiro atoms. The molecule has 0 saturated carbocycles. The highest BCUT2D eigenvalue weighted by Gasteiger charge is 2.14. The van der Waals surface area contributed by atoms with Gasteiger partial charge in [0.2, 0.25) is 0 Å². The van der Waals surface area contributed by atoms with Crippen molar-refractivity contribution in [1.82, 2.24) is 4.98 Å². The highest BCUT2D eigenvalue weighted by molar-refractivity contribution is 6.30. The molecule has 1 aromatic heterocycles. The molecule has 0 aliphatic heterocycles. The van der Waals surface area contributed by atoms with Crippen LogP contribution in [-0.2, 0) is 0 Å². The molecule has 0 amide bonds. The lowest BCUT2D eigenvalue weighted by Crippen LogP contribution is -2.31. The normalized spacial score (nSPS) is 10.7. The number of nitrogens with zero attached hydrogens (tertiary/aromatic N) is 2. The van der Waals surface area contributed by atoms with Gasteiger partial charge in [-0.3, -0.25) is 0 Å². The van der Waals surface area contributed by atoms with E-state index in [9.17, 15) is 4.39 Å². The van der Waals surface area contributed by atoms with E-state index in [1.54, 1.807) is 0 Å². The van der Waals surface area contributed by atoms with Gasteiger partial charge in [-0.1, -0.05) is 11.6 Å². The van der Waals surface area contributed by atoms with E-state index in [0.29, 0.717) is 10.8 Å². The Morgan fingerprint density at radius 2 is 2.21 bits per heavy atom. The molecule has 0 fully saturated rings. The highest BCUT2D eigenvalue weighted by Crippen LogP contribution is 2.20. The molecule has 4 heteroatoms. The van der Waals surface area contributed by atoms with Crippen molar-refractivity contribution < 1.29 is 4.39 Å². The number of halogens is 2. The SMILES string of the molecule is CCN(c1ncc(Cl)cc1F)C(C)C. The minimum atomic E-state index is -0.368. The van der Waals surface area contributed by atoms with Gasteiger partial charge in [-0.25, -0.2) is 9.37 Å². The first kappa shape index (κ1) is 11.2. The Morgan fingerprint density at radius 3 is 2.64 bits per heavy atom. The van der Waals surface area contributed by atoms with Gasteiger partial charge in [0.25, 0.3) is 0 Å². The second-order valence-corrected chi connectivity index (χ2v) is 3.78. The fraction of sp³-hybridized carbons (Fsp3) is 0.500. The van der Waals surface area contributed by atoms with Crippen LogP contribution in [0.25, 0.3) is 0 Å². The Hall–Kier alpha value is -0.830. The molecule has 1 heterocycles. The van der Waals surface area contributed by atoms with E-state index in [1.165, 1.54) is 12.3 Å². The van der Waals surface area contributed by atoms with Crippen LogP contribution in [-0.4, -0.2) is 17.6 Å². The second-order valence-electron chi connectivity index (χ2n) is 3.34. The highest BCUT2D eigenvalue weighted by atomic mass is 35.5. The second kappa shape index (κ2) is 4.60. The van der Waals surface area contributed by atoms with E-state index >= 15 is 0 Å². The van der Waals surface area contributed by atoms with Gasteiger partial charge in [-0.2, -0.15) is 0 Å². The van der Waals surface area contributed by atoms with Crippen molar-refractivity contribution in [2.45, 2.75) is 26.8 Å². The summed E-state index contributed by atoms with van der Waals surface area (Å²) >= 11 is 5.62. The number of hydrogen-bond donors (Lipinski definition) is 0. The molecule has 0 unspecified atom stereocenters. The maximum Gasteiger partial charge on any atom is 0.167 e. The minimum absolute atomic E-state index is 0.225. The average Bonchev–Trinajstić information content (AvgIpc) is 2.09. The monoisotopic (exact) mass is 216 g/mol. The standard InChI is InChI=1S/C10H14ClFN2/c1-4-14(7(2)3)10-9(12)5-8(11)6-13-10/h5-7H,4H2,1-3H3. The van der Waals surface area contributed by atoms with Crippen LogP contribution in [0.2, 0.25) is 5.02 Å². The first-order valence-electron chi connectivity index (χ1n) is 4.64. The smallest absolute Gasteiger partial charge is 0.167 e. The number of pyridine rings is 1. The molecule has 0 bridgehead atoms. The molecule has 0 radical (unpaired) electrons. The summed E-state index contributed by atoms with van der Waals surface area (Å²) in [6.07, 6.45) is 1.46. The van der Waals surface area contributed by atoms with E-state index in [4.69, 9.17) is 11.6 Å². The van der Waals surface area contributed by atoms with E-state index < -0.39 is 0 Å². The minimum Gasteiger partial charge on any atom is -0.352 e. The maximum absolute atomic E-state index is 13.5. The predicted octanol–water partition coefficient (Wildman–Crippen LogP) is 3.11. The summed E-state index contributed by atoms with van der Waals surface area (Å²) < 4.78 is 13.5. The van der Waals surface area contributed by atoms with Crippen molar-refractivity contribution in [3.63, 3.8) is 0 Å². The zero-order valence-electron chi connectivity index (χ0n) is 8.59. The molecule has 0 atom stereocenters. The number of anilines is 1. The van der Waals surface area contributed by atoms with Gasteiger partial charge in [0, 0.05) is 18.8 Å². The van der Waals surface area contributed by atoms with E-state index in [1.807, 2.05) is 25.7 Å². The fourth-order valence-corrected chi connectivity index (χ4v) is 1.52. The van der Waals surface area contributed by atoms with Gasteiger partial charge >= 0.3 is 0 Å². The van der Waals surface area contributed by atoms with Crippen molar-refractivity contribution in [3.8, 4) is 0 Å². The van der Waals surface area contributed by atoms with Gasteiger partial charge in [-0.15, -0.1) is 0 Å². The van der Waals surface area contributed by atoms with Crippen molar-refractivity contribution in [2.24, 2.45) is 0 Å². The Balaban J connectivity index is 3.04. The summed E-state index contributed by atoms with van der Waals surface area (Å²) in [7, 11) is 0. The van der Waals surface area contributed by atoms with Crippen LogP contribution >= 0.6 is 11.6 Å². The molecular formula is C10H14ClFN2. The molecule has 0 aromatic carbocycles. The lowest BCUT2D eigenvalue weighted by Gasteiger charge is -2.26. The van der Waals surface area contributed by atoms with Gasteiger partial charge in [0.15, 0.2) is 11.6 Å². The van der Waals surface area contributed by atoms with Crippen molar-refractivity contribution in [1.29, 1.82) is 0 Å². The Kier molecular flexibility index (Phi) is 3.69. The van der Waals surface area contributed by atoms with Gasteiger partial charge in [-0.05, 0) is 26.8 Å². The Labute approximate surface area is 88.7 Å². The molecule has 1 rings (SSSR count). The zero-order chi connectivity index (χ0) is 10.7. The summed E-state index contributed by atoms with van der Waals surface area (Å²) in [4.78, 5) is 5.87. The quantitative estimate of drug-likeness (QED) is 0.772. The molecule has 14 heavy (non-hydrogen) atoms. The van der Waals surface area contributed by atoms with Crippen LogP contribution in [0.1, 0.15) is 20.8 Å². The van der Waals surface area contributed by atoms with Gasteiger partial charge < -0.3 is 4.90 Å². The van der Waals surface area contributed by atoms with Crippen LogP contribution in [0.4, 0.5) is 10.2 Å². The molecular weight excluding hydrogens is 203 g/mol. The number of hydrogen-bond acceptors (Lipinski definition) is 2. The van der Waals surface area contributed by atoms with E-state index in [-0.39, 0.29) is 11.9 Å². The van der Waals surface area contributed by atoms with E-state index in [0.717, 1.165) is 6.54 Å². The molecule has 2 nitrogen and oxygen atoms in total. The molecule has 78 valence electrons. The average molecular weight is 217 g/mol. The first-order valence-corrected chi connectivity index (χ1v) is 5.01. The zero-order valence-corrected chi connectivity index (χ0v) is 9.35. The summed E-state index contributed by atoms with van der Waals surface area (Å²) in [5.74, 6) is -0.0000463. The third-order valence-electron chi connectivity index (χ3n) is 2.02. The van der Waals surface area contributed by atoms with Crippen molar-refractivity contribution in [2.75, 3.05) is 11.4 Å². The number of rotatable bonds is 3. The lowest BCUT2D eigenvalue weighted by molar-refractivity contribution is 0.594. The van der Waals surface area contributed by atoms with Crippen molar-refractivity contribution >= 4 is 17.4 Å².